The lowest BCUT2D eigenvalue weighted by molar-refractivity contribution is 0.0592. The third-order valence-electron chi connectivity index (χ3n) is 7.74. The number of fused-ring (bicyclic) bond motifs is 3. The fourth-order valence-corrected chi connectivity index (χ4v) is 6.46. The number of thiazole rings is 1. The highest BCUT2D eigenvalue weighted by Crippen LogP contribution is 2.29. The van der Waals surface area contributed by atoms with Crippen molar-refractivity contribution in [2.45, 2.75) is 12.6 Å². The summed E-state index contributed by atoms with van der Waals surface area (Å²) in [5.74, 6) is 1.03. The Morgan fingerprint density at radius 2 is 2.05 bits per heavy atom. The molecule has 42 heavy (non-hydrogen) atoms. The van der Waals surface area contributed by atoms with E-state index in [4.69, 9.17) is 19.6 Å². The first-order valence-corrected chi connectivity index (χ1v) is 14.8. The largest absolute Gasteiger partial charge is 0.492 e. The maximum absolute atomic E-state index is 15.0. The van der Waals surface area contributed by atoms with E-state index in [1.165, 1.54) is 6.07 Å². The van der Waals surface area contributed by atoms with E-state index in [0.29, 0.717) is 74.5 Å². The Bertz CT molecular complexity index is 1750. The minimum Gasteiger partial charge on any atom is -0.492 e. The van der Waals surface area contributed by atoms with Crippen molar-refractivity contribution in [1.82, 2.24) is 29.4 Å². The normalized spacial score (nSPS) is 18.3. The lowest BCUT2D eigenvalue weighted by atomic mass is 10.2. The number of benzene rings is 1. The molecule has 2 saturated heterocycles. The van der Waals surface area contributed by atoms with Crippen LogP contribution in [0.25, 0.3) is 27.3 Å². The third-order valence-corrected chi connectivity index (χ3v) is 8.73. The monoisotopic (exact) mass is 594 g/mol. The summed E-state index contributed by atoms with van der Waals surface area (Å²) in [6, 6.07) is 10.6. The molecule has 7 rings (SSSR count). The Labute approximate surface area is 244 Å². The minimum atomic E-state index is -0.296. The van der Waals surface area contributed by atoms with Gasteiger partial charge in [-0.05, 0) is 30.3 Å². The summed E-state index contributed by atoms with van der Waals surface area (Å²) in [7, 11) is 0. The molecule has 0 bridgehead atoms. The van der Waals surface area contributed by atoms with Gasteiger partial charge in [0.25, 0.3) is 0 Å². The number of hydrogen-bond donors (Lipinski definition) is 2. The van der Waals surface area contributed by atoms with Gasteiger partial charge in [0.05, 0.1) is 36.7 Å². The van der Waals surface area contributed by atoms with Gasteiger partial charge in [0.1, 0.15) is 28.6 Å². The fourth-order valence-electron chi connectivity index (χ4n) is 5.50. The molecule has 2 fully saturated rings. The molecule has 0 spiro atoms. The standard InChI is InChI=1S/C28H31FN8O4S/c29-20-14-19(41-17-18-16-39-13-5-31-18)3-4-22(20)35-9-6-34(7-10-35)8-11-36-26-25(42-28(36)38)23-15-21(24-2-1-12-40-24)33-37(23)27(30)32-26/h1-4,12,14-15,18,31H,5-11,13,16-17H2,(H2,30,32). The summed E-state index contributed by atoms with van der Waals surface area (Å²) >= 11 is 1.14. The number of nitrogens with one attached hydrogen (secondary N) is 1. The van der Waals surface area contributed by atoms with Gasteiger partial charge < -0.3 is 29.8 Å². The van der Waals surface area contributed by atoms with Gasteiger partial charge in [0.15, 0.2) is 11.4 Å². The number of piperazine rings is 1. The first-order chi connectivity index (χ1) is 20.5. The second-order valence-electron chi connectivity index (χ2n) is 10.4. The zero-order valence-corrected chi connectivity index (χ0v) is 23.7. The molecule has 0 amide bonds. The van der Waals surface area contributed by atoms with Gasteiger partial charge in [-0.2, -0.15) is 14.6 Å². The first kappa shape index (κ1) is 26.9. The molecule has 1 unspecified atom stereocenters. The van der Waals surface area contributed by atoms with Gasteiger partial charge in [-0.1, -0.05) is 11.3 Å². The Hall–Kier alpha value is -3.98. The van der Waals surface area contributed by atoms with Crippen LogP contribution in [0.4, 0.5) is 16.0 Å². The predicted molar refractivity (Wildman–Crippen MR) is 158 cm³/mol. The number of hydrogen-bond acceptors (Lipinski definition) is 11. The Kier molecular flexibility index (Phi) is 7.27. The second-order valence-corrected chi connectivity index (χ2v) is 11.4. The maximum Gasteiger partial charge on any atom is 0.309 e. The number of halogens is 1. The molecular formula is C28H31FN8O4S. The SMILES string of the molecule is Nc1nc2c(sc(=O)n2CCN2CCN(c3ccc(OCC4COCCN4)cc3F)CC2)c2cc(-c3ccco3)nn12. The lowest BCUT2D eigenvalue weighted by Gasteiger charge is -2.36. The van der Waals surface area contributed by atoms with Gasteiger partial charge >= 0.3 is 4.87 Å². The Balaban J connectivity index is 0.986. The number of nitrogen functional groups attached to an aromatic ring is 1. The highest BCUT2D eigenvalue weighted by Gasteiger charge is 2.22. The number of furan rings is 1. The number of nitrogens with two attached hydrogens (primary N) is 1. The van der Waals surface area contributed by atoms with Crippen LogP contribution >= 0.6 is 11.3 Å². The summed E-state index contributed by atoms with van der Waals surface area (Å²) in [5, 5.41) is 7.84. The van der Waals surface area contributed by atoms with E-state index in [2.05, 4.69) is 20.3 Å². The summed E-state index contributed by atoms with van der Waals surface area (Å²) in [5.41, 5.74) is 8.70. The van der Waals surface area contributed by atoms with Crippen molar-refractivity contribution in [2.75, 3.05) is 69.7 Å². The lowest BCUT2D eigenvalue weighted by Crippen LogP contribution is -2.47. The summed E-state index contributed by atoms with van der Waals surface area (Å²) in [6.45, 7) is 6.51. The van der Waals surface area contributed by atoms with E-state index in [-0.39, 0.29) is 22.7 Å². The van der Waals surface area contributed by atoms with Gasteiger partial charge in [-0.3, -0.25) is 14.3 Å². The topological polar surface area (TPSA) is 128 Å². The first-order valence-electron chi connectivity index (χ1n) is 14.0. The highest BCUT2D eigenvalue weighted by atomic mass is 32.1. The van der Waals surface area contributed by atoms with Crippen LogP contribution in [0, 0.1) is 5.82 Å². The van der Waals surface area contributed by atoms with Gasteiger partial charge in [-0.25, -0.2) is 4.39 Å². The van der Waals surface area contributed by atoms with Crippen LogP contribution in [0.3, 0.4) is 0 Å². The van der Waals surface area contributed by atoms with E-state index < -0.39 is 0 Å². The third kappa shape index (κ3) is 5.22. The van der Waals surface area contributed by atoms with Crippen molar-refractivity contribution in [3.63, 3.8) is 0 Å². The number of ether oxygens (including phenoxy) is 2. The average molecular weight is 595 g/mol. The summed E-state index contributed by atoms with van der Waals surface area (Å²) < 4.78 is 35.7. The second kappa shape index (κ2) is 11.4. The molecule has 3 N–H and O–H groups in total. The van der Waals surface area contributed by atoms with Crippen molar-refractivity contribution in [3.8, 4) is 17.2 Å². The molecule has 0 saturated carbocycles. The molecule has 2 aliphatic rings. The van der Waals surface area contributed by atoms with Crippen molar-refractivity contribution >= 4 is 38.8 Å². The van der Waals surface area contributed by atoms with E-state index in [1.807, 2.05) is 23.1 Å². The molecule has 4 aromatic heterocycles. The summed E-state index contributed by atoms with van der Waals surface area (Å²) in [6.07, 6.45) is 1.58. The van der Waals surface area contributed by atoms with Crippen LogP contribution in [-0.4, -0.2) is 89.2 Å². The van der Waals surface area contributed by atoms with Crippen molar-refractivity contribution in [1.29, 1.82) is 0 Å². The number of nitrogens with zero attached hydrogens (tertiary/aromatic N) is 6. The molecule has 5 aromatic rings. The molecule has 14 heteroatoms. The highest BCUT2D eigenvalue weighted by molar-refractivity contribution is 7.17. The maximum atomic E-state index is 15.0. The van der Waals surface area contributed by atoms with Crippen LogP contribution in [0.15, 0.2) is 51.9 Å². The zero-order valence-electron chi connectivity index (χ0n) is 22.9. The molecule has 0 radical (unpaired) electrons. The van der Waals surface area contributed by atoms with E-state index in [1.54, 1.807) is 27.5 Å². The van der Waals surface area contributed by atoms with Crippen LogP contribution in [0.1, 0.15) is 0 Å². The van der Waals surface area contributed by atoms with Crippen LogP contribution in [0.2, 0.25) is 0 Å². The van der Waals surface area contributed by atoms with Crippen LogP contribution in [0.5, 0.6) is 5.75 Å². The van der Waals surface area contributed by atoms with Crippen molar-refractivity contribution in [2.24, 2.45) is 0 Å². The number of aromatic nitrogens is 4. The summed E-state index contributed by atoms with van der Waals surface area (Å²) in [4.78, 5) is 21.8. The number of anilines is 2. The van der Waals surface area contributed by atoms with Gasteiger partial charge in [0.2, 0.25) is 5.95 Å². The fraction of sp³-hybridized carbons (Fsp3) is 0.393. The Morgan fingerprint density at radius 3 is 2.81 bits per heavy atom. The quantitative estimate of drug-likeness (QED) is 0.276. The molecule has 220 valence electrons. The molecule has 1 atom stereocenters. The van der Waals surface area contributed by atoms with E-state index in [0.717, 1.165) is 41.2 Å². The van der Waals surface area contributed by atoms with E-state index >= 15 is 4.39 Å². The molecule has 1 aromatic carbocycles. The average Bonchev–Trinajstić information content (AvgIpc) is 3.76. The van der Waals surface area contributed by atoms with Gasteiger partial charge in [0, 0.05) is 51.9 Å². The molecule has 2 aliphatic heterocycles. The smallest absolute Gasteiger partial charge is 0.309 e. The predicted octanol–water partition coefficient (Wildman–Crippen LogP) is 2.28. The zero-order chi connectivity index (χ0) is 28.6. The van der Waals surface area contributed by atoms with Crippen LogP contribution in [-0.2, 0) is 11.3 Å². The Morgan fingerprint density at radius 1 is 1.17 bits per heavy atom. The molecule has 0 aliphatic carbocycles. The van der Waals surface area contributed by atoms with Crippen molar-refractivity contribution < 1.29 is 18.3 Å². The van der Waals surface area contributed by atoms with Crippen molar-refractivity contribution in [3.05, 3.63) is 58.1 Å². The molecule has 6 heterocycles. The minimum absolute atomic E-state index is 0.0967. The van der Waals surface area contributed by atoms with Gasteiger partial charge in [-0.15, -0.1) is 0 Å². The molecular weight excluding hydrogens is 563 g/mol. The number of rotatable bonds is 8. The number of morpholine rings is 1. The molecule has 12 nitrogen and oxygen atoms in total. The van der Waals surface area contributed by atoms with E-state index in [9.17, 15) is 4.79 Å². The van der Waals surface area contributed by atoms with Crippen LogP contribution < -0.4 is 25.6 Å².